The quantitative estimate of drug-likeness (QED) is 0.489. The summed E-state index contributed by atoms with van der Waals surface area (Å²) in [5.41, 5.74) is 1.17. The molecule has 4 aromatic heterocycles. The molecule has 9 nitrogen and oxygen atoms in total. The fraction of sp³-hybridized carbons (Fsp3) is 0.316. The smallest absolute Gasteiger partial charge is 0.281 e. The van der Waals surface area contributed by atoms with E-state index in [0.717, 1.165) is 11.3 Å². The summed E-state index contributed by atoms with van der Waals surface area (Å²) >= 11 is 1.02. The van der Waals surface area contributed by atoms with Crippen molar-refractivity contribution < 1.29 is 18.0 Å². The lowest BCUT2D eigenvalue weighted by atomic mass is 10.2. The van der Waals surface area contributed by atoms with Gasteiger partial charge in [0.15, 0.2) is 5.65 Å². The Bertz CT molecular complexity index is 1300. The van der Waals surface area contributed by atoms with Crippen LogP contribution in [0.3, 0.4) is 0 Å². The molecule has 1 aliphatic rings. The van der Waals surface area contributed by atoms with Crippen molar-refractivity contribution >= 4 is 34.5 Å². The van der Waals surface area contributed by atoms with Gasteiger partial charge in [-0.25, -0.2) is 22.7 Å². The highest BCUT2D eigenvalue weighted by atomic mass is 32.1. The fourth-order valence-electron chi connectivity index (χ4n) is 3.54. The molecule has 0 radical (unpaired) electrons. The van der Waals surface area contributed by atoms with E-state index in [4.69, 9.17) is 0 Å². The number of halogens is 3. The topological polar surface area (TPSA) is 93.2 Å². The minimum Gasteiger partial charge on any atom is -0.336 e. The average molecular weight is 462 g/mol. The number of nitrogens with one attached hydrogen (secondary N) is 1. The van der Waals surface area contributed by atoms with Crippen LogP contribution in [0.15, 0.2) is 29.9 Å². The molecule has 0 aliphatic carbocycles. The molecule has 0 bridgehead atoms. The highest BCUT2D eigenvalue weighted by molar-refractivity contribution is 7.13. The average Bonchev–Trinajstić information content (AvgIpc) is 3.52. The number of hydrogen-bond acceptors (Lipinski definition) is 7. The van der Waals surface area contributed by atoms with Crippen molar-refractivity contribution in [2.24, 2.45) is 7.05 Å². The van der Waals surface area contributed by atoms with E-state index in [9.17, 15) is 18.0 Å². The molecule has 1 atom stereocenters. The molecule has 5 heterocycles. The zero-order valence-corrected chi connectivity index (χ0v) is 17.6. The number of pyridine rings is 1. The molecule has 1 saturated heterocycles. The molecule has 4 aromatic rings. The highest BCUT2D eigenvalue weighted by Crippen LogP contribution is 2.30. The molecule has 13 heteroatoms. The summed E-state index contributed by atoms with van der Waals surface area (Å²) in [4.78, 5) is 23.1. The van der Waals surface area contributed by atoms with Crippen LogP contribution in [0.5, 0.6) is 0 Å². The number of aryl methyl sites for hydroxylation is 1. The maximum atomic E-state index is 13.5. The fourth-order valence-corrected chi connectivity index (χ4v) is 4.37. The van der Waals surface area contributed by atoms with Crippen LogP contribution >= 0.6 is 11.3 Å². The van der Waals surface area contributed by atoms with Gasteiger partial charge in [-0.1, -0.05) is 0 Å². The first-order valence-corrected chi connectivity index (χ1v) is 10.6. The van der Waals surface area contributed by atoms with Crippen LogP contribution in [-0.2, 0) is 7.05 Å². The maximum absolute atomic E-state index is 13.5. The van der Waals surface area contributed by atoms with E-state index in [2.05, 4.69) is 25.5 Å². The number of aromatic nitrogens is 6. The van der Waals surface area contributed by atoms with E-state index in [1.807, 2.05) is 0 Å². The van der Waals surface area contributed by atoms with Gasteiger partial charge >= 0.3 is 0 Å². The molecule has 0 spiro atoms. The summed E-state index contributed by atoms with van der Waals surface area (Å²) in [6.45, 7) is 0.808. The third-order valence-electron chi connectivity index (χ3n) is 5.13. The van der Waals surface area contributed by atoms with Gasteiger partial charge in [0, 0.05) is 36.9 Å². The van der Waals surface area contributed by atoms with Crippen molar-refractivity contribution in [3.05, 3.63) is 41.3 Å². The van der Waals surface area contributed by atoms with Crippen LogP contribution in [-0.4, -0.2) is 54.5 Å². The Morgan fingerprint density at radius 2 is 2.19 bits per heavy atom. The number of fused-ring (bicyclic) bond motifs is 1. The Kier molecular flexibility index (Phi) is 5.04. The summed E-state index contributed by atoms with van der Waals surface area (Å²) in [5.74, 6) is -0.0427. The first-order valence-electron chi connectivity index (χ1n) is 9.72. The van der Waals surface area contributed by atoms with Crippen LogP contribution in [0.4, 0.5) is 24.8 Å². The van der Waals surface area contributed by atoms with Crippen LogP contribution in [0.2, 0.25) is 0 Å². The zero-order chi connectivity index (χ0) is 22.4. The molecular weight excluding hydrogens is 445 g/mol. The number of anilines is 2. The summed E-state index contributed by atoms with van der Waals surface area (Å²) in [6, 6.07) is 3.30. The molecule has 1 fully saturated rings. The van der Waals surface area contributed by atoms with Crippen molar-refractivity contribution in [2.75, 3.05) is 23.3 Å². The van der Waals surface area contributed by atoms with E-state index in [-0.39, 0.29) is 22.9 Å². The third-order valence-corrected chi connectivity index (χ3v) is 6.02. The monoisotopic (exact) mass is 462 g/mol. The van der Waals surface area contributed by atoms with Crippen LogP contribution < -0.4 is 10.2 Å². The predicted molar refractivity (Wildman–Crippen MR) is 112 cm³/mol. The second-order valence-corrected chi connectivity index (χ2v) is 8.18. The largest absolute Gasteiger partial charge is 0.336 e. The van der Waals surface area contributed by atoms with Crippen molar-refractivity contribution in [2.45, 2.75) is 19.0 Å². The van der Waals surface area contributed by atoms with Crippen molar-refractivity contribution in [1.82, 2.24) is 29.4 Å². The SMILES string of the molecule is Cn1ncc(-c2nc(C(F)F)cs2)c1C(=O)Nc1ccn2nc(N3CCC(F)C3)nc2c1. The molecule has 1 aliphatic heterocycles. The predicted octanol–water partition coefficient (Wildman–Crippen LogP) is 3.32. The second-order valence-electron chi connectivity index (χ2n) is 7.32. The van der Waals surface area contributed by atoms with Gasteiger partial charge in [0.25, 0.3) is 12.3 Å². The van der Waals surface area contributed by atoms with E-state index in [0.29, 0.717) is 35.8 Å². The lowest BCUT2D eigenvalue weighted by molar-refractivity contribution is 0.101. The number of carbonyl (C=O) groups excluding carboxylic acids is 1. The number of nitrogens with zero attached hydrogens (tertiary/aromatic N) is 7. The van der Waals surface area contributed by atoms with Crippen molar-refractivity contribution in [3.63, 3.8) is 0 Å². The first kappa shape index (κ1) is 20.4. The Labute approximate surface area is 183 Å². The van der Waals surface area contributed by atoms with Gasteiger partial charge < -0.3 is 10.2 Å². The molecule has 1 N–H and O–H groups in total. The third kappa shape index (κ3) is 3.68. The summed E-state index contributed by atoms with van der Waals surface area (Å²) < 4.78 is 42.2. The van der Waals surface area contributed by atoms with Crippen LogP contribution in [0.25, 0.3) is 16.2 Å². The summed E-state index contributed by atoms with van der Waals surface area (Å²) in [6.07, 6.45) is -0.0682. The number of hydrogen-bond donors (Lipinski definition) is 1. The van der Waals surface area contributed by atoms with Gasteiger partial charge in [-0.2, -0.15) is 10.1 Å². The molecular formula is C19H17F3N8OS. The number of thiazole rings is 1. The zero-order valence-electron chi connectivity index (χ0n) is 16.7. The summed E-state index contributed by atoms with van der Waals surface area (Å²) in [7, 11) is 1.59. The van der Waals surface area contributed by atoms with Crippen LogP contribution in [0.1, 0.15) is 29.0 Å². The Morgan fingerprint density at radius 3 is 2.91 bits per heavy atom. The van der Waals surface area contributed by atoms with E-state index >= 15 is 0 Å². The Morgan fingerprint density at radius 1 is 1.34 bits per heavy atom. The Hall–Kier alpha value is -3.48. The molecule has 1 amide bonds. The number of amides is 1. The number of carbonyl (C=O) groups is 1. The Balaban J connectivity index is 1.39. The van der Waals surface area contributed by atoms with Gasteiger partial charge in [0.2, 0.25) is 5.95 Å². The van der Waals surface area contributed by atoms with E-state index in [1.54, 1.807) is 34.8 Å². The molecule has 0 saturated carbocycles. The standard InChI is InChI=1S/C19H17F3N8OS/c1-28-15(12(7-23-28)18-25-13(9-32-18)16(21)22)17(31)24-11-3-5-30-14(6-11)26-19(27-30)29-4-2-10(20)8-29/h3,5-7,9-10,16H,2,4,8H2,1H3,(H,24,31). The van der Waals surface area contributed by atoms with Gasteiger partial charge in [-0.05, 0) is 12.5 Å². The second kappa shape index (κ2) is 7.89. The molecule has 32 heavy (non-hydrogen) atoms. The van der Waals surface area contributed by atoms with Gasteiger partial charge in [0.1, 0.15) is 22.6 Å². The number of rotatable bonds is 5. The molecule has 5 rings (SSSR count). The minimum atomic E-state index is -2.69. The summed E-state index contributed by atoms with van der Waals surface area (Å²) in [5, 5.41) is 12.8. The lowest BCUT2D eigenvalue weighted by Gasteiger charge is -2.10. The normalized spacial score (nSPS) is 16.4. The van der Waals surface area contributed by atoms with Gasteiger partial charge in [0.05, 0.1) is 18.3 Å². The van der Waals surface area contributed by atoms with Gasteiger partial charge in [-0.15, -0.1) is 16.4 Å². The van der Waals surface area contributed by atoms with Crippen molar-refractivity contribution in [1.29, 1.82) is 0 Å². The number of alkyl halides is 3. The maximum Gasteiger partial charge on any atom is 0.281 e. The highest BCUT2D eigenvalue weighted by Gasteiger charge is 2.25. The van der Waals surface area contributed by atoms with Gasteiger partial charge in [-0.3, -0.25) is 9.48 Å². The van der Waals surface area contributed by atoms with E-state index < -0.39 is 18.5 Å². The van der Waals surface area contributed by atoms with Crippen molar-refractivity contribution in [3.8, 4) is 10.6 Å². The molecule has 166 valence electrons. The lowest BCUT2D eigenvalue weighted by Crippen LogP contribution is -2.21. The molecule has 0 aromatic carbocycles. The van der Waals surface area contributed by atoms with E-state index in [1.165, 1.54) is 16.3 Å². The minimum absolute atomic E-state index is 0.188. The first-order chi connectivity index (χ1) is 15.4. The molecule has 1 unspecified atom stereocenters. The van der Waals surface area contributed by atoms with Crippen LogP contribution in [0, 0.1) is 0 Å².